The fourth-order valence-corrected chi connectivity index (χ4v) is 3.94. The van der Waals surface area contributed by atoms with Crippen LogP contribution in [0.3, 0.4) is 0 Å². The number of carbonyl (C=O) groups excluding carboxylic acids is 3. The highest BCUT2D eigenvalue weighted by molar-refractivity contribution is 6.34. The number of anilines is 2. The van der Waals surface area contributed by atoms with Gasteiger partial charge >= 0.3 is 0 Å². The Balaban J connectivity index is 1.49. The standard InChI is InChI=1S/C25H17N3O4/c1-27-21-12-5-4-9-17(21)20(14-22(27)29)23(30)26-15-7-6-8-16(13-15)28-24(31)18-10-2-3-11-19(18)25(28)32/h2-14H,1H3,(H,26,30). The van der Waals surface area contributed by atoms with Crippen molar-refractivity contribution < 1.29 is 14.4 Å². The predicted molar refractivity (Wildman–Crippen MR) is 121 cm³/mol. The van der Waals surface area contributed by atoms with Crippen molar-refractivity contribution in [2.75, 3.05) is 10.2 Å². The summed E-state index contributed by atoms with van der Waals surface area (Å²) in [4.78, 5) is 52.0. The molecule has 3 aromatic carbocycles. The van der Waals surface area contributed by atoms with Gasteiger partial charge in [0.2, 0.25) is 0 Å². The highest BCUT2D eigenvalue weighted by atomic mass is 16.2. The number of aromatic nitrogens is 1. The van der Waals surface area contributed by atoms with E-state index in [0.717, 1.165) is 4.90 Å². The molecule has 0 saturated heterocycles. The Labute approximate surface area is 182 Å². The highest BCUT2D eigenvalue weighted by Crippen LogP contribution is 2.30. The summed E-state index contributed by atoms with van der Waals surface area (Å²) in [7, 11) is 1.65. The molecular weight excluding hydrogens is 406 g/mol. The maximum atomic E-state index is 13.0. The van der Waals surface area contributed by atoms with Crippen molar-refractivity contribution in [2.45, 2.75) is 0 Å². The number of imide groups is 1. The number of nitrogens with one attached hydrogen (secondary N) is 1. The van der Waals surface area contributed by atoms with Crippen molar-refractivity contribution in [3.8, 4) is 0 Å². The van der Waals surface area contributed by atoms with E-state index in [9.17, 15) is 19.2 Å². The number of aryl methyl sites for hydroxylation is 1. The monoisotopic (exact) mass is 423 g/mol. The van der Waals surface area contributed by atoms with Crippen molar-refractivity contribution in [3.05, 3.63) is 106 Å². The average Bonchev–Trinajstić information content (AvgIpc) is 3.06. The number of fused-ring (bicyclic) bond motifs is 2. The maximum Gasteiger partial charge on any atom is 0.266 e. The number of carbonyl (C=O) groups is 3. The third kappa shape index (κ3) is 2.99. The van der Waals surface area contributed by atoms with Crippen LogP contribution in [0.5, 0.6) is 0 Å². The smallest absolute Gasteiger partial charge is 0.266 e. The lowest BCUT2D eigenvalue weighted by Gasteiger charge is -2.16. The SMILES string of the molecule is Cn1c(=O)cc(C(=O)Nc2cccc(N3C(=O)c4ccccc4C3=O)c2)c2ccccc21. The fraction of sp³-hybridized carbons (Fsp3) is 0.0400. The Bertz CT molecular complexity index is 1470. The van der Waals surface area contributed by atoms with Gasteiger partial charge in [-0.15, -0.1) is 0 Å². The lowest BCUT2D eigenvalue weighted by atomic mass is 10.1. The molecule has 0 fully saturated rings. The van der Waals surface area contributed by atoms with Gasteiger partial charge in [0.05, 0.1) is 27.9 Å². The first kappa shape index (κ1) is 19.4. The molecule has 1 aliphatic rings. The molecule has 2 heterocycles. The zero-order chi connectivity index (χ0) is 22.4. The number of hydrogen-bond acceptors (Lipinski definition) is 4. The van der Waals surface area contributed by atoms with E-state index in [1.807, 2.05) is 0 Å². The second kappa shape index (κ2) is 7.31. The molecule has 7 nitrogen and oxygen atoms in total. The summed E-state index contributed by atoms with van der Waals surface area (Å²) in [6.45, 7) is 0. The van der Waals surface area contributed by atoms with Crippen molar-refractivity contribution in [1.82, 2.24) is 4.57 Å². The number of nitrogens with zero attached hydrogens (tertiary/aromatic N) is 2. The molecule has 0 atom stereocenters. The van der Waals surface area contributed by atoms with Crippen LogP contribution in [0.2, 0.25) is 0 Å². The van der Waals surface area contributed by atoms with E-state index in [-0.39, 0.29) is 11.1 Å². The molecule has 0 unspecified atom stereocenters. The summed E-state index contributed by atoms with van der Waals surface area (Å²) in [6.07, 6.45) is 0. The van der Waals surface area contributed by atoms with Gasteiger partial charge < -0.3 is 9.88 Å². The third-order valence-corrected chi connectivity index (χ3v) is 5.55. The zero-order valence-electron chi connectivity index (χ0n) is 17.0. The number of para-hydroxylation sites is 1. The van der Waals surface area contributed by atoms with Crippen LogP contribution in [0.15, 0.2) is 83.7 Å². The van der Waals surface area contributed by atoms with Gasteiger partial charge in [-0.25, -0.2) is 4.90 Å². The van der Waals surface area contributed by atoms with Crippen LogP contribution in [-0.2, 0) is 7.05 Å². The van der Waals surface area contributed by atoms with E-state index in [1.54, 1.807) is 79.8 Å². The Hall–Kier alpha value is -4.52. The van der Waals surface area contributed by atoms with Gasteiger partial charge in [-0.3, -0.25) is 19.2 Å². The summed E-state index contributed by atoms with van der Waals surface area (Å²) < 4.78 is 1.48. The van der Waals surface area contributed by atoms with E-state index in [2.05, 4.69) is 5.32 Å². The fourth-order valence-electron chi connectivity index (χ4n) is 3.94. The van der Waals surface area contributed by atoms with Crippen LogP contribution in [0, 0.1) is 0 Å². The Morgan fingerprint density at radius 2 is 1.44 bits per heavy atom. The Morgan fingerprint density at radius 1 is 0.781 bits per heavy atom. The lowest BCUT2D eigenvalue weighted by molar-refractivity contribution is 0.0925. The molecular formula is C25H17N3O4. The highest BCUT2D eigenvalue weighted by Gasteiger charge is 2.36. The molecule has 5 rings (SSSR count). The molecule has 156 valence electrons. The summed E-state index contributed by atoms with van der Waals surface area (Å²) in [5.74, 6) is -1.28. The largest absolute Gasteiger partial charge is 0.322 e. The first-order valence-electron chi connectivity index (χ1n) is 9.94. The molecule has 3 amide bonds. The molecule has 1 N–H and O–H groups in total. The van der Waals surface area contributed by atoms with Crippen LogP contribution >= 0.6 is 0 Å². The number of benzene rings is 3. The van der Waals surface area contributed by atoms with Crippen LogP contribution in [0.4, 0.5) is 11.4 Å². The molecule has 0 aliphatic carbocycles. The molecule has 0 bridgehead atoms. The number of rotatable bonds is 3. The zero-order valence-corrected chi connectivity index (χ0v) is 17.0. The minimum atomic E-state index is -0.460. The van der Waals surface area contributed by atoms with E-state index in [4.69, 9.17) is 0 Å². The van der Waals surface area contributed by atoms with Gasteiger partial charge in [0.1, 0.15) is 0 Å². The van der Waals surface area contributed by atoms with Crippen molar-refractivity contribution >= 4 is 40.0 Å². The minimum absolute atomic E-state index is 0.245. The predicted octanol–water partition coefficient (Wildman–Crippen LogP) is 3.59. The Morgan fingerprint density at radius 3 is 2.16 bits per heavy atom. The molecule has 1 aliphatic heterocycles. The summed E-state index contributed by atoms with van der Waals surface area (Å²) in [6, 6.07) is 21.6. The van der Waals surface area contributed by atoms with E-state index in [1.165, 1.54) is 10.6 Å². The van der Waals surface area contributed by atoms with Gasteiger partial charge in [-0.05, 0) is 36.4 Å². The molecule has 1 aromatic heterocycles. The minimum Gasteiger partial charge on any atom is -0.322 e. The number of pyridine rings is 1. The Kier molecular flexibility index (Phi) is 4.44. The molecule has 0 radical (unpaired) electrons. The number of hydrogen-bond donors (Lipinski definition) is 1. The van der Waals surface area contributed by atoms with E-state index in [0.29, 0.717) is 33.4 Å². The van der Waals surface area contributed by atoms with Gasteiger partial charge in [-0.1, -0.05) is 36.4 Å². The molecule has 0 spiro atoms. The average molecular weight is 423 g/mol. The second-order valence-corrected chi connectivity index (χ2v) is 7.47. The topological polar surface area (TPSA) is 88.5 Å². The van der Waals surface area contributed by atoms with Gasteiger partial charge in [0, 0.05) is 24.2 Å². The molecule has 4 aromatic rings. The van der Waals surface area contributed by atoms with Crippen molar-refractivity contribution in [2.24, 2.45) is 7.05 Å². The molecule has 7 heteroatoms. The lowest BCUT2D eigenvalue weighted by Crippen LogP contribution is -2.29. The molecule has 32 heavy (non-hydrogen) atoms. The first-order chi connectivity index (χ1) is 15.5. The van der Waals surface area contributed by atoms with Crippen LogP contribution in [-0.4, -0.2) is 22.3 Å². The van der Waals surface area contributed by atoms with Gasteiger partial charge in [-0.2, -0.15) is 0 Å². The van der Waals surface area contributed by atoms with E-state index < -0.39 is 17.7 Å². The maximum absolute atomic E-state index is 13.0. The normalized spacial score (nSPS) is 12.8. The first-order valence-corrected chi connectivity index (χ1v) is 9.94. The summed E-state index contributed by atoms with van der Waals surface area (Å²) in [5, 5.41) is 3.42. The second-order valence-electron chi connectivity index (χ2n) is 7.47. The third-order valence-electron chi connectivity index (χ3n) is 5.55. The quantitative estimate of drug-likeness (QED) is 0.510. The van der Waals surface area contributed by atoms with Crippen molar-refractivity contribution in [1.29, 1.82) is 0 Å². The van der Waals surface area contributed by atoms with Gasteiger partial charge in [0.25, 0.3) is 23.3 Å². The summed E-state index contributed by atoms with van der Waals surface area (Å²) >= 11 is 0. The van der Waals surface area contributed by atoms with Crippen molar-refractivity contribution in [3.63, 3.8) is 0 Å². The number of amides is 3. The van der Waals surface area contributed by atoms with Gasteiger partial charge in [0.15, 0.2) is 0 Å². The van der Waals surface area contributed by atoms with Crippen LogP contribution in [0.1, 0.15) is 31.1 Å². The van der Waals surface area contributed by atoms with Crippen LogP contribution in [0.25, 0.3) is 10.9 Å². The molecule has 0 saturated carbocycles. The summed E-state index contributed by atoms with van der Waals surface area (Å²) in [5.41, 5.74) is 2.03. The van der Waals surface area contributed by atoms with E-state index >= 15 is 0 Å². The van der Waals surface area contributed by atoms with Crippen LogP contribution < -0.4 is 15.8 Å².